The van der Waals surface area contributed by atoms with Gasteiger partial charge >= 0.3 is 0 Å². The number of nitrogens with zero attached hydrogens (tertiary/aromatic N) is 3. The van der Waals surface area contributed by atoms with Crippen molar-refractivity contribution < 1.29 is 4.79 Å². The summed E-state index contributed by atoms with van der Waals surface area (Å²) in [5, 5.41) is 2.74. The van der Waals surface area contributed by atoms with Gasteiger partial charge in [-0.1, -0.05) is 0 Å². The first-order valence-corrected chi connectivity index (χ1v) is 6.70. The number of nitrogens with two attached hydrogens (primary N) is 1. The standard InChI is InChI=1S/C13H22N6O/c1-8-10(18-14)16-9(2)17-11(8)19-6-5-13(3,7-19)12(20)15-4/h5-7,14H2,1-4H3,(H,15,20)(H,16,17,18). The third-order valence-corrected chi connectivity index (χ3v) is 3.92. The molecule has 2 rings (SSSR count). The van der Waals surface area contributed by atoms with Crippen LogP contribution in [-0.2, 0) is 4.79 Å². The summed E-state index contributed by atoms with van der Waals surface area (Å²) >= 11 is 0. The number of aryl methyl sites for hydroxylation is 1. The van der Waals surface area contributed by atoms with Gasteiger partial charge in [0.2, 0.25) is 5.91 Å². The lowest BCUT2D eigenvalue weighted by Gasteiger charge is -2.24. The summed E-state index contributed by atoms with van der Waals surface area (Å²) in [5.74, 6) is 7.69. The zero-order valence-corrected chi connectivity index (χ0v) is 12.4. The minimum Gasteiger partial charge on any atom is -0.359 e. The molecule has 20 heavy (non-hydrogen) atoms. The van der Waals surface area contributed by atoms with E-state index in [0.29, 0.717) is 18.2 Å². The third-order valence-electron chi connectivity index (χ3n) is 3.92. The zero-order valence-electron chi connectivity index (χ0n) is 12.4. The largest absolute Gasteiger partial charge is 0.359 e. The zero-order chi connectivity index (χ0) is 14.9. The van der Waals surface area contributed by atoms with E-state index in [2.05, 4.69) is 25.6 Å². The fourth-order valence-corrected chi connectivity index (χ4v) is 2.69. The molecule has 1 amide bonds. The van der Waals surface area contributed by atoms with Crippen LogP contribution < -0.4 is 21.5 Å². The van der Waals surface area contributed by atoms with Crippen LogP contribution in [0.4, 0.5) is 11.6 Å². The Balaban J connectivity index is 2.31. The molecule has 1 atom stereocenters. The van der Waals surface area contributed by atoms with Crippen molar-refractivity contribution in [3.63, 3.8) is 0 Å². The lowest BCUT2D eigenvalue weighted by molar-refractivity contribution is -0.128. The van der Waals surface area contributed by atoms with E-state index in [1.807, 2.05) is 20.8 Å². The molecule has 0 aromatic carbocycles. The van der Waals surface area contributed by atoms with Gasteiger partial charge in [-0.15, -0.1) is 0 Å². The van der Waals surface area contributed by atoms with Crippen LogP contribution in [0, 0.1) is 19.3 Å². The average Bonchev–Trinajstić information content (AvgIpc) is 2.83. The monoisotopic (exact) mass is 278 g/mol. The minimum absolute atomic E-state index is 0.0700. The molecule has 1 aliphatic rings. The van der Waals surface area contributed by atoms with Gasteiger partial charge in [-0.2, -0.15) is 0 Å². The summed E-state index contributed by atoms with van der Waals surface area (Å²) < 4.78 is 0. The van der Waals surface area contributed by atoms with Crippen LogP contribution >= 0.6 is 0 Å². The van der Waals surface area contributed by atoms with Crippen LogP contribution in [0.5, 0.6) is 0 Å². The highest BCUT2D eigenvalue weighted by Crippen LogP contribution is 2.34. The van der Waals surface area contributed by atoms with Crippen LogP contribution in [0.15, 0.2) is 0 Å². The molecule has 0 aliphatic carbocycles. The van der Waals surface area contributed by atoms with Crippen LogP contribution in [0.2, 0.25) is 0 Å². The van der Waals surface area contributed by atoms with Gasteiger partial charge in [0.1, 0.15) is 17.5 Å². The van der Waals surface area contributed by atoms with Gasteiger partial charge in [0.25, 0.3) is 0 Å². The summed E-state index contributed by atoms with van der Waals surface area (Å²) in [7, 11) is 1.67. The molecule has 0 spiro atoms. The molecule has 1 aliphatic heterocycles. The summed E-state index contributed by atoms with van der Waals surface area (Å²) in [5.41, 5.74) is 3.12. The van der Waals surface area contributed by atoms with Crippen molar-refractivity contribution in [1.29, 1.82) is 0 Å². The van der Waals surface area contributed by atoms with E-state index in [-0.39, 0.29) is 11.3 Å². The number of anilines is 2. The average molecular weight is 278 g/mol. The Morgan fingerprint density at radius 1 is 1.40 bits per heavy atom. The highest BCUT2D eigenvalue weighted by molar-refractivity contribution is 5.83. The van der Waals surface area contributed by atoms with E-state index in [9.17, 15) is 4.79 Å². The maximum atomic E-state index is 12.0. The van der Waals surface area contributed by atoms with Gasteiger partial charge in [-0.05, 0) is 27.2 Å². The van der Waals surface area contributed by atoms with E-state index in [4.69, 9.17) is 5.84 Å². The predicted octanol–water partition coefficient (Wildman–Crippen LogP) is 0.341. The molecular weight excluding hydrogens is 256 g/mol. The maximum absolute atomic E-state index is 12.0. The van der Waals surface area contributed by atoms with Crippen molar-refractivity contribution in [2.45, 2.75) is 27.2 Å². The molecule has 1 aromatic rings. The second-order valence-electron chi connectivity index (χ2n) is 5.52. The van der Waals surface area contributed by atoms with Gasteiger partial charge in [0, 0.05) is 25.7 Å². The molecule has 1 unspecified atom stereocenters. The SMILES string of the molecule is CNC(=O)C1(C)CCN(c2nc(C)nc(NN)c2C)C1. The van der Waals surface area contributed by atoms with E-state index >= 15 is 0 Å². The molecule has 7 nitrogen and oxygen atoms in total. The maximum Gasteiger partial charge on any atom is 0.227 e. The molecule has 0 radical (unpaired) electrons. The number of rotatable bonds is 3. The quantitative estimate of drug-likeness (QED) is 0.545. The van der Waals surface area contributed by atoms with E-state index in [1.54, 1.807) is 7.05 Å². The summed E-state index contributed by atoms with van der Waals surface area (Å²) in [6, 6.07) is 0. The van der Waals surface area contributed by atoms with Crippen molar-refractivity contribution in [2.75, 3.05) is 30.5 Å². The highest BCUT2D eigenvalue weighted by atomic mass is 16.2. The Kier molecular flexibility index (Phi) is 3.80. The number of nitrogens with one attached hydrogen (secondary N) is 2. The number of carbonyl (C=O) groups excluding carboxylic acids is 1. The highest BCUT2D eigenvalue weighted by Gasteiger charge is 2.40. The van der Waals surface area contributed by atoms with Gasteiger partial charge in [-0.25, -0.2) is 15.8 Å². The first-order valence-electron chi connectivity index (χ1n) is 6.70. The lowest BCUT2D eigenvalue weighted by atomic mass is 9.89. The first-order chi connectivity index (χ1) is 9.41. The fraction of sp³-hybridized carbons (Fsp3) is 0.615. The second-order valence-corrected chi connectivity index (χ2v) is 5.52. The van der Waals surface area contributed by atoms with Gasteiger partial charge in [-0.3, -0.25) is 4.79 Å². The van der Waals surface area contributed by atoms with Crippen LogP contribution in [0.3, 0.4) is 0 Å². The molecule has 1 fully saturated rings. The molecule has 4 N–H and O–H groups in total. The molecule has 0 saturated carbocycles. The number of hydrazine groups is 1. The Morgan fingerprint density at radius 3 is 2.70 bits per heavy atom. The molecular formula is C13H22N6O. The number of amides is 1. The van der Waals surface area contributed by atoms with Crippen molar-refractivity contribution in [3.05, 3.63) is 11.4 Å². The first kappa shape index (κ1) is 14.5. The van der Waals surface area contributed by atoms with Gasteiger partial charge in [0.05, 0.1) is 5.41 Å². The molecule has 2 heterocycles. The topological polar surface area (TPSA) is 96.2 Å². The normalized spacial score (nSPS) is 21.9. The van der Waals surface area contributed by atoms with E-state index in [1.165, 1.54) is 0 Å². The van der Waals surface area contributed by atoms with Crippen LogP contribution in [-0.4, -0.2) is 36.0 Å². The number of hydrogen-bond acceptors (Lipinski definition) is 6. The van der Waals surface area contributed by atoms with E-state index < -0.39 is 0 Å². The lowest BCUT2D eigenvalue weighted by Crippen LogP contribution is -2.39. The number of aromatic nitrogens is 2. The van der Waals surface area contributed by atoms with Crippen LogP contribution in [0.1, 0.15) is 24.7 Å². The second kappa shape index (κ2) is 5.24. The minimum atomic E-state index is -0.379. The predicted molar refractivity (Wildman–Crippen MR) is 78.3 cm³/mol. The Morgan fingerprint density at radius 2 is 2.10 bits per heavy atom. The molecule has 1 aromatic heterocycles. The molecule has 110 valence electrons. The van der Waals surface area contributed by atoms with Crippen molar-refractivity contribution in [3.8, 4) is 0 Å². The van der Waals surface area contributed by atoms with Crippen LogP contribution in [0.25, 0.3) is 0 Å². The molecule has 0 bridgehead atoms. The molecule has 1 saturated heterocycles. The molecule has 7 heteroatoms. The Labute approximate surface area is 118 Å². The van der Waals surface area contributed by atoms with Crippen molar-refractivity contribution >= 4 is 17.5 Å². The van der Waals surface area contributed by atoms with Gasteiger partial charge < -0.3 is 15.6 Å². The summed E-state index contributed by atoms with van der Waals surface area (Å²) in [4.78, 5) is 22.9. The fourth-order valence-electron chi connectivity index (χ4n) is 2.69. The smallest absolute Gasteiger partial charge is 0.227 e. The number of hydrogen-bond donors (Lipinski definition) is 3. The van der Waals surface area contributed by atoms with Gasteiger partial charge in [0.15, 0.2) is 0 Å². The summed E-state index contributed by atoms with van der Waals surface area (Å²) in [6.45, 7) is 7.19. The third kappa shape index (κ3) is 2.40. The summed E-state index contributed by atoms with van der Waals surface area (Å²) in [6.07, 6.45) is 0.806. The Hall–Kier alpha value is -1.89. The Bertz CT molecular complexity index is 532. The van der Waals surface area contributed by atoms with Crippen molar-refractivity contribution in [1.82, 2.24) is 15.3 Å². The number of nitrogen functional groups attached to an aromatic ring is 1. The number of carbonyl (C=O) groups is 1. The van der Waals surface area contributed by atoms with Crippen molar-refractivity contribution in [2.24, 2.45) is 11.3 Å². The van der Waals surface area contributed by atoms with E-state index in [0.717, 1.165) is 24.3 Å².